The summed E-state index contributed by atoms with van der Waals surface area (Å²) >= 11 is 0. The second-order valence-electron chi connectivity index (χ2n) is 4.13. The Morgan fingerprint density at radius 1 is 1.35 bits per heavy atom. The van der Waals surface area contributed by atoms with Crippen LogP contribution < -0.4 is 5.32 Å². The van der Waals surface area contributed by atoms with Crippen molar-refractivity contribution in [3.8, 4) is 0 Å². The van der Waals surface area contributed by atoms with E-state index in [1.807, 2.05) is 0 Å². The molecule has 6 nitrogen and oxygen atoms in total. The summed E-state index contributed by atoms with van der Waals surface area (Å²) in [6, 6.07) is -0.766. The Bertz CT molecular complexity index is 480. The van der Waals surface area contributed by atoms with Crippen molar-refractivity contribution in [2.75, 3.05) is 6.54 Å². The van der Waals surface area contributed by atoms with Gasteiger partial charge in [0.05, 0.1) is 5.92 Å². The van der Waals surface area contributed by atoms with Gasteiger partial charge in [0, 0.05) is 19.2 Å². The molecule has 1 saturated heterocycles. The molecular weight excluding hydrogens is 224 g/mol. The van der Waals surface area contributed by atoms with Crippen molar-refractivity contribution in [3.63, 3.8) is 0 Å². The highest BCUT2D eigenvalue weighted by molar-refractivity contribution is 5.98. The average Bonchev–Trinajstić information content (AvgIpc) is 2.31. The van der Waals surface area contributed by atoms with Crippen LogP contribution in [0, 0.1) is 5.92 Å². The van der Waals surface area contributed by atoms with E-state index >= 15 is 0 Å². The van der Waals surface area contributed by atoms with Crippen molar-refractivity contribution in [1.82, 2.24) is 10.2 Å². The first kappa shape index (κ1) is 10.1. The molecule has 2 atom stereocenters. The maximum atomic E-state index is 11.8. The molecule has 17 heavy (non-hydrogen) atoms. The number of piperidine rings is 1. The summed E-state index contributed by atoms with van der Waals surface area (Å²) in [7, 11) is 0. The van der Waals surface area contributed by atoms with Gasteiger partial charge in [-0.25, -0.2) is 4.79 Å². The summed E-state index contributed by atoms with van der Waals surface area (Å²) in [5.41, 5.74) is 0.669. The predicted molar refractivity (Wildman–Crippen MR) is 55.1 cm³/mol. The third-order valence-electron chi connectivity index (χ3n) is 3.22. The molecule has 1 fully saturated rings. The third kappa shape index (κ3) is 1.37. The zero-order chi connectivity index (χ0) is 12.0. The Labute approximate surface area is 96.9 Å². The predicted octanol–water partition coefficient (Wildman–Crippen LogP) is -0.712. The van der Waals surface area contributed by atoms with E-state index in [0.29, 0.717) is 12.1 Å². The Hall–Kier alpha value is -2.11. The number of hydrogen-bond donors (Lipinski definition) is 1. The van der Waals surface area contributed by atoms with E-state index in [9.17, 15) is 14.4 Å². The van der Waals surface area contributed by atoms with Crippen molar-refractivity contribution in [2.45, 2.75) is 12.5 Å². The van der Waals surface area contributed by atoms with Crippen LogP contribution in [0.4, 0.5) is 0 Å². The number of cyclic esters (lactones) is 1. The number of amides is 2. The molecule has 0 spiro atoms. The Morgan fingerprint density at radius 3 is 3.00 bits per heavy atom. The molecule has 0 aromatic heterocycles. The third-order valence-corrected chi connectivity index (χ3v) is 3.22. The van der Waals surface area contributed by atoms with Crippen molar-refractivity contribution in [1.29, 1.82) is 0 Å². The first-order valence-electron chi connectivity index (χ1n) is 5.34. The number of esters is 1. The number of nitrogens with one attached hydrogen (secondary N) is 1. The molecule has 0 radical (unpaired) electrons. The summed E-state index contributed by atoms with van der Waals surface area (Å²) in [5.74, 6) is -1.47. The largest absolute Gasteiger partial charge is 0.431 e. The molecule has 0 bridgehead atoms. The molecule has 0 aromatic rings. The lowest BCUT2D eigenvalue weighted by Gasteiger charge is -2.40. The average molecular weight is 234 g/mol. The molecule has 6 heteroatoms. The molecule has 88 valence electrons. The van der Waals surface area contributed by atoms with Crippen LogP contribution in [0.2, 0.25) is 0 Å². The first-order valence-corrected chi connectivity index (χ1v) is 5.34. The number of hydrogen-bond acceptors (Lipinski definition) is 4. The van der Waals surface area contributed by atoms with Crippen molar-refractivity contribution in [3.05, 3.63) is 24.1 Å². The minimum absolute atomic E-state index is 0.103. The fraction of sp³-hybridized carbons (Fsp3) is 0.364. The highest BCUT2D eigenvalue weighted by Gasteiger charge is 2.46. The fourth-order valence-electron chi connectivity index (χ4n) is 2.43. The minimum Gasteiger partial charge on any atom is -0.431 e. The lowest BCUT2D eigenvalue weighted by molar-refractivity contribution is -0.153. The maximum absolute atomic E-state index is 11.8. The molecule has 2 unspecified atom stereocenters. The van der Waals surface area contributed by atoms with Gasteiger partial charge >= 0.3 is 5.97 Å². The van der Waals surface area contributed by atoms with Gasteiger partial charge in [-0.15, -0.1) is 0 Å². The zero-order valence-corrected chi connectivity index (χ0v) is 8.88. The first-order chi connectivity index (χ1) is 8.18. The Morgan fingerprint density at radius 2 is 2.18 bits per heavy atom. The van der Waals surface area contributed by atoms with Gasteiger partial charge in [0.1, 0.15) is 6.26 Å². The molecule has 3 heterocycles. The second kappa shape index (κ2) is 3.44. The summed E-state index contributed by atoms with van der Waals surface area (Å²) in [6.45, 7) is 0.389. The van der Waals surface area contributed by atoms with Crippen LogP contribution in [0.1, 0.15) is 6.42 Å². The maximum Gasteiger partial charge on any atom is 0.338 e. The number of nitrogens with zero attached hydrogens (tertiary/aromatic N) is 1. The second-order valence-corrected chi connectivity index (χ2v) is 4.13. The van der Waals surface area contributed by atoms with Gasteiger partial charge in [0.25, 0.3) is 0 Å². The normalized spacial score (nSPS) is 31.2. The Kier molecular flexibility index (Phi) is 2.04. The van der Waals surface area contributed by atoms with E-state index in [-0.39, 0.29) is 18.2 Å². The molecule has 0 aromatic carbocycles. The van der Waals surface area contributed by atoms with E-state index in [0.717, 1.165) is 0 Å². The number of fused-ring (bicyclic) bond motifs is 3. The van der Waals surface area contributed by atoms with E-state index < -0.39 is 17.9 Å². The lowest BCUT2D eigenvalue weighted by atomic mass is 9.82. The van der Waals surface area contributed by atoms with E-state index in [4.69, 9.17) is 4.74 Å². The van der Waals surface area contributed by atoms with Crippen LogP contribution in [-0.4, -0.2) is 35.3 Å². The van der Waals surface area contributed by atoms with Crippen LogP contribution >= 0.6 is 0 Å². The summed E-state index contributed by atoms with van der Waals surface area (Å²) < 4.78 is 4.79. The van der Waals surface area contributed by atoms with E-state index in [1.54, 1.807) is 6.08 Å². The summed E-state index contributed by atoms with van der Waals surface area (Å²) in [6.07, 6.45) is 4.53. The van der Waals surface area contributed by atoms with Gasteiger partial charge in [-0.05, 0) is 5.57 Å². The summed E-state index contributed by atoms with van der Waals surface area (Å²) in [4.78, 5) is 36.5. The topological polar surface area (TPSA) is 75.7 Å². The number of carbonyl (C=O) groups excluding carboxylic acids is 3. The number of carbonyl (C=O) groups is 3. The zero-order valence-electron chi connectivity index (χ0n) is 8.88. The molecule has 3 aliphatic heterocycles. The minimum atomic E-state index is -0.766. The molecule has 1 N–H and O–H groups in total. The fourth-order valence-corrected chi connectivity index (χ4v) is 2.43. The summed E-state index contributed by atoms with van der Waals surface area (Å²) in [5, 5.41) is 2.66. The van der Waals surface area contributed by atoms with Gasteiger partial charge in [0.15, 0.2) is 6.04 Å². The highest BCUT2D eigenvalue weighted by Crippen LogP contribution is 2.33. The smallest absolute Gasteiger partial charge is 0.338 e. The van der Waals surface area contributed by atoms with Gasteiger partial charge in [0.2, 0.25) is 11.8 Å². The van der Waals surface area contributed by atoms with Gasteiger partial charge in [-0.3, -0.25) is 14.5 Å². The highest BCUT2D eigenvalue weighted by atomic mass is 16.5. The van der Waals surface area contributed by atoms with Crippen LogP contribution in [0.25, 0.3) is 0 Å². The van der Waals surface area contributed by atoms with E-state index in [1.165, 1.54) is 17.4 Å². The van der Waals surface area contributed by atoms with E-state index in [2.05, 4.69) is 5.32 Å². The van der Waals surface area contributed by atoms with Crippen molar-refractivity contribution in [2.24, 2.45) is 5.92 Å². The Balaban J connectivity index is 2.06. The van der Waals surface area contributed by atoms with Crippen LogP contribution in [0.3, 0.4) is 0 Å². The number of ether oxygens (including phenoxy) is 1. The lowest BCUT2D eigenvalue weighted by Crippen LogP contribution is -2.55. The molecule has 0 aliphatic carbocycles. The quantitative estimate of drug-likeness (QED) is 0.443. The number of rotatable bonds is 0. The molecule has 2 amide bonds. The monoisotopic (exact) mass is 234 g/mol. The molecule has 3 rings (SSSR count). The van der Waals surface area contributed by atoms with Crippen LogP contribution in [-0.2, 0) is 19.1 Å². The molecule has 3 aliphatic rings. The van der Waals surface area contributed by atoms with Gasteiger partial charge < -0.3 is 10.1 Å². The van der Waals surface area contributed by atoms with Crippen molar-refractivity contribution >= 4 is 17.8 Å². The van der Waals surface area contributed by atoms with Crippen LogP contribution in [0.15, 0.2) is 24.1 Å². The SMILES string of the molecule is O=C1NCC=C2C1CC(=O)N1C=COC(=O)C21. The van der Waals surface area contributed by atoms with Gasteiger partial charge in [-0.1, -0.05) is 6.08 Å². The van der Waals surface area contributed by atoms with Crippen molar-refractivity contribution < 1.29 is 19.1 Å². The standard InChI is InChI=1S/C11H10N2O4/c14-8-5-7-6(1-2-12-10(7)15)9-11(16)17-4-3-13(8)9/h1,3-4,7,9H,2,5H2,(H,12,15). The molecule has 0 saturated carbocycles. The van der Waals surface area contributed by atoms with Crippen LogP contribution in [0.5, 0.6) is 0 Å². The molecular formula is C11H10N2O4. The van der Waals surface area contributed by atoms with Gasteiger partial charge in [-0.2, -0.15) is 0 Å².